The lowest BCUT2D eigenvalue weighted by atomic mass is 9.96. The maximum absolute atomic E-state index is 13.1. The van der Waals surface area contributed by atoms with E-state index in [1.807, 2.05) is 39.8 Å². The number of hydrogen-bond acceptors (Lipinski definition) is 8. The molecule has 1 aromatic carbocycles. The second-order valence-electron chi connectivity index (χ2n) is 8.70. The molecule has 3 aromatic heterocycles. The van der Waals surface area contributed by atoms with E-state index in [-0.39, 0.29) is 17.2 Å². The Morgan fingerprint density at radius 1 is 1.21 bits per heavy atom. The molecule has 0 spiro atoms. The smallest absolute Gasteiger partial charge is 0.277 e. The Balaban J connectivity index is 1.51. The zero-order valence-corrected chi connectivity index (χ0v) is 18.7. The summed E-state index contributed by atoms with van der Waals surface area (Å²) in [5, 5.41) is 7.05. The number of aryl methyl sites for hydroxylation is 2. The number of rotatable bonds is 4. The van der Waals surface area contributed by atoms with Gasteiger partial charge in [-0.05, 0) is 52.0 Å². The highest BCUT2D eigenvalue weighted by Crippen LogP contribution is 2.43. The van der Waals surface area contributed by atoms with Crippen molar-refractivity contribution in [2.24, 2.45) is 0 Å². The van der Waals surface area contributed by atoms with Crippen LogP contribution in [0.3, 0.4) is 0 Å². The van der Waals surface area contributed by atoms with Crippen molar-refractivity contribution in [3.05, 3.63) is 59.4 Å². The molecule has 33 heavy (non-hydrogen) atoms. The zero-order chi connectivity index (χ0) is 23.3. The summed E-state index contributed by atoms with van der Waals surface area (Å²) in [7, 11) is 0. The lowest BCUT2D eigenvalue weighted by molar-refractivity contribution is 0.102. The summed E-state index contributed by atoms with van der Waals surface area (Å²) in [5.74, 6) is 1.65. The fourth-order valence-electron chi connectivity index (χ4n) is 4.11. The van der Waals surface area contributed by atoms with E-state index in [2.05, 4.69) is 20.4 Å². The zero-order valence-electron chi connectivity index (χ0n) is 18.7. The number of pyridine rings is 1. The second kappa shape index (κ2) is 7.47. The molecule has 0 saturated carbocycles. The number of aromatic nitrogens is 3. The van der Waals surface area contributed by atoms with Crippen LogP contribution in [-0.4, -0.2) is 26.6 Å². The predicted molar refractivity (Wildman–Crippen MR) is 122 cm³/mol. The lowest BCUT2D eigenvalue weighted by Gasteiger charge is -2.17. The highest BCUT2D eigenvalue weighted by molar-refractivity contribution is 6.05. The van der Waals surface area contributed by atoms with Gasteiger partial charge in [0.05, 0.1) is 5.69 Å². The predicted octanol–water partition coefficient (Wildman–Crippen LogP) is 4.56. The summed E-state index contributed by atoms with van der Waals surface area (Å²) >= 11 is 0. The number of anilines is 2. The first kappa shape index (κ1) is 20.7. The van der Waals surface area contributed by atoms with Gasteiger partial charge in [-0.15, -0.1) is 0 Å². The number of carbonyl (C=O) groups is 1. The minimum Gasteiger partial charge on any atom is -0.487 e. The quantitative estimate of drug-likeness (QED) is 0.468. The third-order valence-electron chi connectivity index (χ3n) is 5.52. The lowest BCUT2D eigenvalue weighted by Crippen LogP contribution is -2.24. The van der Waals surface area contributed by atoms with E-state index in [9.17, 15) is 4.79 Å². The maximum atomic E-state index is 13.1. The van der Waals surface area contributed by atoms with Gasteiger partial charge in [0.2, 0.25) is 5.89 Å². The molecule has 168 valence electrons. The Bertz CT molecular complexity index is 1370. The summed E-state index contributed by atoms with van der Waals surface area (Å²) in [6.45, 7) is 7.76. The van der Waals surface area contributed by atoms with Crippen molar-refractivity contribution in [1.82, 2.24) is 15.1 Å². The normalized spacial score (nSPS) is 14.1. The van der Waals surface area contributed by atoms with Gasteiger partial charge in [-0.2, -0.15) is 0 Å². The number of amides is 1. The Kier molecular flexibility index (Phi) is 4.70. The van der Waals surface area contributed by atoms with E-state index >= 15 is 0 Å². The largest absolute Gasteiger partial charge is 0.487 e. The van der Waals surface area contributed by atoms with Crippen LogP contribution in [-0.2, 0) is 6.42 Å². The molecule has 0 aliphatic carbocycles. The molecular weight excluding hydrogens is 422 g/mol. The Hall–Kier alpha value is -4.14. The fourth-order valence-corrected chi connectivity index (χ4v) is 4.11. The van der Waals surface area contributed by atoms with Crippen LogP contribution < -0.4 is 15.8 Å². The molecule has 1 amide bonds. The Labute approximate surface area is 190 Å². The third kappa shape index (κ3) is 3.82. The minimum absolute atomic E-state index is 0.141. The summed E-state index contributed by atoms with van der Waals surface area (Å²) < 4.78 is 17.0. The van der Waals surface area contributed by atoms with Crippen LogP contribution >= 0.6 is 0 Å². The SMILES string of the molecule is Cc1noc(C)c1-c1cc2c(cc1NC(=O)c1coc(-c3ccnc(N)c3)n1)CC(C)(C)O2. The van der Waals surface area contributed by atoms with Gasteiger partial charge in [0, 0.05) is 40.6 Å². The Morgan fingerprint density at radius 3 is 2.76 bits per heavy atom. The maximum Gasteiger partial charge on any atom is 0.277 e. The number of fused-ring (bicyclic) bond motifs is 1. The molecule has 1 aliphatic rings. The molecule has 0 atom stereocenters. The molecule has 5 rings (SSSR count). The molecule has 4 heterocycles. The van der Waals surface area contributed by atoms with Crippen molar-refractivity contribution in [3.8, 4) is 28.3 Å². The summed E-state index contributed by atoms with van der Waals surface area (Å²) in [4.78, 5) is 21.4. The van der Waals surface area contributed by atoms with E-state index in [4.69, 9.17) is 19.4 Å². The molecular formula is C24H23N5O4. The first-order chi connectivity index (χ1) is 15.7. The van der Waals surface area contributed by atoms with Crippen LogP contribution in [0.1, 0.15) is 41.4 Å². The van der Waals surface area contributed by atoms with Gasteiger partial charge in [0.25, 0.3) is 5.91 Å². The average molecular weight is 445 g/mol. The number of benzene rings is 1. The molecule has 0 unspecified atom stereocenters. The van der Waals surface area contributed by atoms with Gasteiger partial charge in [0.1, 0.15) is 29.2 Å². The van der Waals surface area contributed by atoms with Crippen LogP contribution in [0.2, 0.25) is 0 Å². The van der Waals surface area contributed by atoms with Crippen molar-refractivity contribution in [2.45, 2.75) is 39.7 Å². The van der Waals surface area contributed by atoms with Crippen molar-refractivity contribution >= 4 is 17.4 Å². The van der Waals surface area contributed by atoms with Crippen LogP contribution in [0, 0.1) is 13.8 Å². The van der Waals surface area contributed by atoms with E-state index < -0.39 is 5.91 Å². The summed E-state index contributed by atoms with van der Waals surface area (Å²) in [6, 6.07) is 7.21. The second-order valence-corrected chi connectivity index (χ2v) is 8.70. The van der Waals surface area contributed by atoms with Crippen molar-refractivity contribution in [1.29, 1.82) is 0 Å². The third-order valence-corrected chi connectivity index (χ3v) is 5.52. The topological polar surface area (TPSA) is 129 Å². The minimum atomic E-state index is -0.404. The number of nitrogen functional groups attached to an aromatic ring is 1. The monoisotopic (exact) mass is 445 g/mol. The van der Waals surface area contributed by atoms with E-state index in [1.54, 1.807) is 18.3 Å². The fraction of sp³-hybridized carbons (Fsp3) is 0.250. The molecule has 0 saturated heterocycles. The molecule has 9 heteroatoms. The van der Waals surface area contributed by atoms with Gasteiger partial charge in [-0.3, -0.25) is 4.79 Å². The number of oxazole rings is 1. The number of ether oxygens (including phenoxy) is 1. The number of carbonyl (C=O) groups excluding carboxylic acids is 1. The van der Waals surface area contributed by atoms with Crippen LogP contribution in [0.25, 0.3) is 22.6 Å². The van der Waals surface area contributed by atoms with Crippen LogP contribution in [0.5, 0.6) is 5.75 Å². The summed E-state index contributed by atoms with van der Waals surface area (Å²) in [6.07, 6.45) is 3.60. The number of nitrogens with two attached hydrogens (primary N) is 1. The van der Waals surface area contributed by atoms with Gasteiger partial charge < -0.3 is 24.7 Å². The summed E-state index contributed by atoms with van der Waals surface area (Å²) in [5.41, 5.74) is 10.1. The van der Waals surface area contributed by atoms with E-state index in [1.165, 1.54) is 6.26 Å². The molecule has 0 radical (unpaired) electrons. The van der Waals surface area contributed by atoms with Crippen molar-refractivity contribution in [2.75, 3.05) is 11.1 Å². The Morgan fingerprint density at radius 2 is 2.03 bits per heavy atom. The van der Waals surface area contributed by atoms with E-state index in [0.29, 0.717) is 22.8 Å². The highest BCUT2D eigenvalue weighted by atomic mass is 16.5. The molecule has 1 aliphatic heterocycles. The molecule has 3 N–H and O–H groups in total. The van der Waals surface area contributed by atoms with Crippen molar-refractivity contribution in [3.63, 3.8) is 0 Å². The van der Waals surface area contributed by atoms with Crippen molar-refractivity contribution < 1.29 is 18.5 Å². The van der Waals surface area contributed by atoms with Crippen LogP contribution in [0.4, 0.5) is 11.5 Å². The van der Waals surface area contributed by atoms with E-state index in [0.717, 1.165) is 34.6 Å². The number of hydrogen-bond donors (Lipinski definition) is 2. The molecule has 9 nitrogen and oxygen atoms in total. The first-order valence-electron chi connectivity index (χ1n) is 10.5. The molecule has 0 fully saturated rings. The number of nitrogens with zero attached hydrogens (tertiary/aromatic N) is 3. The van der Waals surface area contributed by atoms with Gasteiger partial charge in [-0.1, -0.05) is 5.16 Å². The average Bonchev–Trinajstić information content (AvgIpc) is 3.44. The van der Waals surface area contributed by atoms with Gasteiger partial charge in [-0.25, -0.2) is 9.97 Å². The van der Waals surface area contributed by atoms with Gasteiger partial charge >= 0.3 is 0 Å². The molecule has 0 bridgehead atoms. The van der Waals surface area contributed by atoms with Crippen LogP contribution in [0.15, 0.2) is 45.7 Å². The molecule has 4 aromatic rings. The first-order valence-corrected chi connectivity index (χ1v) is 10.5. The highest BCUT2D eigenvalue weighted by Gasteiger charge is 2.32. The standard InChI is InChI=1S/C24H23N5O4/c1-12-21(13(2)33-29-12)16-9-19-15(10-24(3,4)32-19)7-17(16)27-22(30)18-11-31-23(28-18)14-5-6-26-20(25)8-14/h5-9,11H,10H2,1-4H3,(H2,25,26)(H,27,30). The number of nitrogens with one attached hydrogen (secondary N) is 1. The van der Waals surface area contributed by atoms with Gasteiger partial charge in [0.15, 0.2) is 5.69 Å².